The standard InChI is InChI=1S/C18H19N5O3S/c24-11-1-2-14-12(9-11)13(3-6-26-14)21-16-15-17(20-10-19-16)22-18(27-15)23-4-7-25-8-5-23/h1-2,9-10,13,24H,3-8H2,(H,19,20,21)/t13-/m0/s1. The molecule has 140 valence electrons. The van der Waals surface area contributed by atoms with Gasteiger partial charge in [0, 0.05) is 25.1 Å². The fourth-order valence-corrected chi connectivity index (χ4v) is 4.46. The largest absolute Gasteiger partial charge is 0.508 e. The summed E-state index contributed by atoms with van der Waals surface area (Å²) in [6.45, 7) is 3.72. The molecule has 2 N–H and O–H groups in total. The molecular formula is C18H19N5O3S. The number of hydrogen-bond donors (Lipinski definition) is 2. The summed E-state index contributed by atoms with van der Waals surface area (Å²) in [6, 6.07) is 5.20. The van der Waals surface area contributed by atoms with E-state index in [4.69, 9.17) is 9.47 Å². The number of hydrogen-bond acceptors (Lipinski definition) is 9. The summed E-state index contributed by atoms with van der Waals surface area (Å²) in [6.07, 6.45) is 2.33. The van der Waals surface area contributed by atoms with E-state index in [-0.39, 0.29) is 11.8 Å². The van der Waals surface area contributed by atoms with Gasteiger partial charge in [-0.15, -0.1) is 0 Å². The van der Waals surface area contributed by atoms with Crippen LogP contribution in [-0.4, -0.2) is 53.0 Å². The fourth-order valence-electron chi connectivity index (χ4n) is 3.43. The van der Waals surface area contributed by atoms with Crippen LogP contribution in [0.25, 0.3) is 10.3 Å². The van der Waals surface area contributed by atoms with Gasteiger partial charge in [-0.3, -0.25) is 0 Å². The van der Waals surface area contributed by atoms with Gasteiger partial charge in [0.1, 0.15) is 28.3 Å². The summed E-state index contributed by atoms with van der Waals surface area (Å²) in [5.74, 6) is 1.78. The van der Waals surface area contributed by atoms with Gasteiger partial charge in [0.05, 0.1) is 25.9 Å². The number of aromatic hydroxyl groups is 1. The Morgan fingerprint density at radius 2 is 2.07 bits per heavy atom. The van der Waals surface area contributed by atoms with Crippen molar-refractivity contribution in [3.8, 4) is 11.5 Å². The molecular weight excluding hydrogens is 366 g/mol. The Kier molecular flexibility index (Phi) is 4.17. The third-order valence-electron chi connectivity index (χ3n) is 4.81. The number of nitrogens with one attached hydrogen (secondary N) is 1. The second-order valence-electron chi connectivity index (χ2n) is 6.53. The number of phenolic OH excluding ortho intramolecular Hbond substituents is 1. The number of thiazole rings is 1. The number of morpholine rings is 1. The number of anilines is 2. The van der Waals surface area contributed by atoms with Crippen molar-refractivity contribution in [2.75, 3.05) is 43.1 Å². The maximum atomic E-state index is 9.86. The molecule has 2 aliphatic rings. The Morgan fingerprint density at radius 3 is 2.96 bits per heavy atom. The number of nitrogens with zero attached hydrogens (tertiary/aromatic N) is 4. The first-order valence-electron chi connectivity index (χ1n) is 8.94. The zero-order valence-corrected chi connectivity index (χ0v) is 15.4. The molecule has 0 radical (unpaired) electrons. The van der Waals surface area contributed by atoms with Gasteiger partial charge in [0.25, 0.3) is 0 Å². The van der Waals surface area contributed by atoms with E-state index in [0.29, 0.717) is 12.3 Å². The molecule has 0 spiro atoms. The van der Waals surface area contributed by atoms with Crippen molar-refractivity contribution < 1.29 is 14.6 Å². The SMILES string of the molecule is Oc1ccc2c(c1)[C@@H](Nc1ncnc3nc(N4CCOCC4)sc13)CCO2. The lowest BCUT2D eigenvalue weighted by Crippen LogP contribution is -2.36. The third-order valence-corrected chi connectivity index (χ3v) is 5.92. The van der Waals surface area contributed by atoms with Crippen molar-refractivity contribution in [3.63, 3.8) is 0 Å². The molecule has 0 aliphatic carbocycles. The monoisotopic (exact) mass is 385 g/mol. The Hall–Kier alpha value is -2.65. The average molecular weight is 385 g/mol. The number of aromatic nitrogens is 3. The van der Waals surface area contributed by atoms with Crippen LogP contribution in [0.2, 0.25) is 0 Å². The van der Waals surface area contributed by atoms with Crippen molar-refractivity contribution in [1.82, 2.24) is 15.0 Å². The van der Waals surface area contributed by atoms with E-state index >= 15 is 0 Å². The maximum absolute atomic E-state index is 9.86. The minimum atomic E-state index is 0.00730. The van der Waals surface area contributed by atoms with E-state index in [2.05, 4.69) is 25.2 Å². The normalized spacial score (nSPS) is 19.6. The van der Waals surface area contributed by atoms with Crippen LogP contribution in [0.15, 0.2) is 24.5 Å². The quantitative estimate of drug-likeness (QED) is 0.711. The smallest absolute Gasteiger partial charge is 0.188 e. The van der Waals surface area contributed by atoms with Crippen LogP contribution in [0.1, 0.15) is 18.0 Å². The molecule has 2 aromatic heterocycles. The first-order chi connectivity index (χ1) is 13.3. The van der Waals surface area contributed by atoms with E-state index < -0.39 is 0 Å². The minimum absolute atomic E-state index is 0.00730. The Bertz CT molecular complexity index is 973. The molecule has 0 saturated carbocycles. The molecule has 8 nitrogen and oxygen atoms in total. The third kappa shape index (κ3) is 3.13. The number of ether oxygens (including phenoxy) is 2. The lowest BCUT2D eigenvalue weighted by molar-refractivity contribution is 0.122. The number of rotatable bonds is 3. The molecule has 4 heterocycles. The number of benzene rings is 1. The van der Waals surface area contributed by atoms with Gasteiger partial charge in [0.2, 0.25) is 0 Å². The topological polar surface area (TPSA) is 92.6 Å². The van der Waals surface area contributed by atoms with Crippen molar-refractivity contribution >= 4 is 32.6 Å². The van der Waals surface area contributed by atoms with Crippen molar-refractivity contribution in [2.45, 2.75) is 12.5 Å². The molecule has 27 heavy (non-hydrogen) atoms. The summed E-state index contributed by atoms with van der Waals surface area (Å²) in [5.41, 5.74) is 1.63. The Balaban J connectivity index is 1.47. The van der Waals surface area contributed by atoms with Gasteiger partial charge in [0.15, 0.2) is 10.8 Å². The Morgan fingerprint density at radius 1 is 1.19 bits per heavy atom. The van der Waals surface area contributed by atoms with Gasteiger partial charge in [-0.05, 0) is 18.2 Å². The van der Waals surface area contributed by atoms with E-state index in [0.717, 1.165) is 59.7 Å². The van der Waals surface area contributed by atoms with Crippen molar-refractivity contribution in [2.24, 2.45) is 0 Å². The second kappa shape index (κ2) is 6.82. The highest BCUT2D eigenvalue weighted by Gasteiger charge is 2.24. The maximum Gasteiger partial charge on any atom is 0.188 e. The molecule has 1 fully saturated rings. The van der Waals surface area contributed by atoms with Gasteiger partial charge in [-0.25, -0.2) is 9.97 Å². The predicted octanol–water partition coefficient (Wildman–Crippen LogP) is 2.56. The van der Waals surface area contributed by atoms with E-state index in [1.165, 1.54) is 6.33 Å². The summed E-state index contributed by atoms with van der Waals surface area (Å²) in [5, 5.41) is 14.3. The van der Waals surface area contributed by atoms with Crippen LogP contribution in [0.3, 0.4) is 0 Å². The highest BCUT2D eigenvalue weighted by molar-refractivity contribution is 7.22. The van der Waals surface area contributed by atoms with Gasteiger partial charge in [-0.1, -0.05) is 11.3 Å². The summed E-state index contributed by atoms with van der Waals surface area (Å²) in [7, 11) is 0. The van der Waals surface area contributed by atoms with E-state index in [9.17, 15) is 5.11 Å². The lowest BCUT2D eigenvalue weighted by atomic mass is 10.0. The fraction of sp³-hybridized carbons (Fsp3) is 0.389. The molecule has 0 unspecified atom stereocenters. The molecule has 0 bridgehead atoms. The molecule has 2 aliphatic heterocycles. The van der Waals surface area contributed by atoms with Crippen LogP contribution in [0.4, 0.5) is 10.9 Å². The molecule has 1 saturated heterocycles. The molecule has 0 amide bonds. The first-order valence-corrected chi connectivity index (χ1v) is 9.76. The lowest BCUT2D eigenvalue weighted by Gasteiger charge is -2.27. The Labute approximate surface area is 159 Å². The molecule has 9 heteroatoms. The molecule has 1 aromatic carbocycles. The van der Waals surface area contributed by atoms with Crippen LogP contribution < -0.4 is 15.0 Å². The highest BCUT2D eigenvalue weighted by atomic mass is 32.1. The molecule has 1 atom stereocenters. The summed E-state index contributed by atoms with van der Waals surface area (Å²) in [4.78, 5) is 15.7. The molecule has 5 rings (SSSR count). The van der Waals surface area contributed by atoms with Gasteiger partial charge < -0.3 is 24.8 Å². The highest BCUT2D eigenvalue weighted by Crippen LogP contribution is 2.38. The van der Waals surface area contributed by atoms with Crippen LogP contribution in [0.5, 0.6) is 11.5 Å². The number of phenols is 1. The van der Waals surface area contributed by atoms with Crippen molar-refractivity contribution in [3.05, 3.63) is 30.1 Å². The zero-order valence-electron chi connectivity index (χ0n) is 14.6. The zero-order chi connectivity index (χ0) is 18.2. The number of fused-ring (bicyclic) bond motifs is 2. The van der Waals surface area contributed by atoms with Gasteiger partial charge in [-0.2, -0.15) is 4.98 Å². The molecule has 3 aromatic rings. The van der Waals surface area contributed by atoms with E-state index in [1.54, 1.807) is 29.5 Å². The predicted molar refractivity (Wildman–Crippen MR) is 103 cm³/mol. The minimum Gasteiger partial charge on any atom is -0.508 e. The van der Waals surface area contributed by atoms with Crippen LogP contribution in [-0.2, 0) is 4.74 Å². The summed E-state index contributed by atoms with van der Waals surface area (Å²) < 4.78 is 12.1. The van der Waals surface area contributed by atoms with Crippen molar-refractivity contribution in [1.29, 1.82) is 0 Å². The first kappa shape index (κ1) is 16.5. The van der Waals surface area contributed by atoms with Gasteiger partial charge >= 0.3 is 0 Å². The average Bonchev–Trinajstić information content (AvgIpc) is 3.15. The van der Waals surface area contributed by atoms with E-state index in [1.807, 2.05) is 0 Å². The van der Waals surface area contributed by atoms with Crippen LogP contribution >= 0.6 is 11.3 Å². The second-order valence-corrected chi connectivity index (χ2v) is 7.50. The summed E-state index contributed by atoms with van der Waals surface area (Å²) >= 11 is 1.59. The van der Waals surface area contributed by atoms with Crippen LogP contribution in [0, 0.1) is 0 Å².